The number of ether oxygens (including phenoxy) is 1. The summed E-state index contributed by atoms with van der Waals surface area (Å²) in [5.74, 6) is 0.532. The molecule has 1 aromatic heterocycles. The molecule has 0 aliphatic rings. The molecule has 1 amide bonds. The van der Waals surface area contributed by atoms with E-state index in [9.17, 15) is 4.79 Å². The van der Waals surface area contributed by atoms with Gasteiger partial charge in [0, 0.05) is 12.3 Å². The van der Waals surface area contributed by atoms with Crippen LogP contribution < -0.4 is 10.2 Å². The van der Waals surface area contributed by atoms with Gasteiger partial charge in [-0.15, -0.1) is 0 Å². The van der Waals surface area contributed by atoms with Crippen molar-refractivity contribution in [3.63, 3.8) is 0 Å². The lowest BCUT2D eigenvalue weighted by Gasteiger charge is -2.07. The number of hydrogen-bond acceptors (Lipinski definition) is 4. The predicted molar refractivity (Wildman–Crippen MR) is 59.0 cm³/mol. The fourth-order valence-corrected chi connectivity index (χ4v) is 0.968. The maximum atomic E-state index is 11.5. The second-order valence-corrected chi connectivity index (χ2v) is 3.73. The summed E-state index contributed by atoms with van der Waals surface area (Å²) in [6.07, 6.45) is 1.44. The van der Waals surface area contributed by atoms with Crippen molar-refractivity contribution in [1.29, 1.82) is 0 Å². The molecule has 1 aromatic rings. The monoisotopic (exact) mass is 224 g/mol. The number of nitrogens with one attached hydrogen (secondary N) is 1. The van der Waals surface area contributed by atoms with Crippen molar-refractivity contribution in [1.82, 2.24) is 10.5 Å². The SMILES string of the molecule is COc1ccc(C(=O)NOCC(C)C)cn1. The summed E-state index contributed by atoms with van der Waals surface area (Å²) < 4.78 is 4.89. The van der Waals surface area contributed by atoms with E-state index in [-0.39, 0.29) is 5.91 Å². The summed E-state index contributed by atoms with van der Waals surface area (Å²) in [7, 11) is 1.52. The number of nitrogens with zero attached hydrogens (tertiary/aromatic N) is 1. The highest BCUT2D eigenvalue weighted by molar-refractivity contribution is 5.93. The van der Waals surface area contributed by atoms with Gasteiger partial charge < -0.3 is 4.74 Å². The molecular weight excluding hydrogens is 208 g/mol. The molecule has 0 aliphatic heterocycles. The third kappa shape index (κ3) is 3.86. The molecule has 0 spiro atoms. The molecule has 0 aromatic carbocycles. The van der Waals surface area contributed by atoms with Gasteiger partial charge >= 0.3 is 0 Å². The topological polar surface area (TPSA) is 60.5 Å². The molecule has 0 radical (unpaired) electrons. The van der Waals surface area contributed by atoms with Crippen molar-refractivity contribution >= 4 is 5.91 Å². The molecule has 1 N–H and O–H groups in total. The number of hydrogen-bond donors (Lipinski definition) is 1. The van der Waals surface area contributed by atoms with Crippen molar-refractivity contribution in [2.75, 3.05) is 13.7 Å². The average molecular weight is 224 g/mol. The Kier molecular flexibility index (Phi) is 4.72. The second-order valence-electron chi connectivity index (χ2n) is 3.73. The maximum absolute atomic E-state index is 11.5. The standard InChI is InChI=1S/C11H16N2O3/c1-8(2)7-16-13-11(14)9-4-5-10(15-3)12-6-9/h4-6,8H,7H2,1-3H3,(H,13,14). The number of pyridine rings is 1. The number of methoxy groups -OCH3 is 1. The molecule has 1 heterocycles. The van der Waals surface area contributed by atoms with E-state index in [4.69, 9.17) is 9.57 Å². The van der Waals surface area contributed by atoms with E-state index in [1.807, 2.05) is 13.8 Å². The molecule has 16 heavy (non-hydrogen) atoms. The molecule has 1 rings (SSSR count). The van der Waals surface area contributed by atoms with Gasteiger partial charge in [-0.3, -0.25) is 9.63 Å². The Morgan fingerprint density at radius 2 is 2.25 bits per heavy atom. The van der Waals surface area contributed by atoms with Crippen LogP contribution in [0.25, 0.3) is 0 Å². The highest BCUT2D eigenvalue weighted by Gasteiger charge is 2.06. The molecule has 0 atom stereocenters. The van der Waals surface area contributed by atoms with Crippen LogP contribution in [-0.2, 0) is 4.84 Å². The lowest BCUT2D eigenvalue weighted by atomic mass is 10.2. The third-order valence-corrected chi connectivity index (χ3v) is 1.79. The zero-order valence-electron chi connectivity index (χ0n) is 9.69. The number of rotatable bonds is 5. The molecule has 0 bridgehead atoms. The van der Waals surface area contributed by atoms with Crippen molar-refractivity contribution < 1.29 is 14.4 Å². The van der Waals surface area contributed by atoms with Crippen LogP contribution in [-0.4, -0.2) is 24.6 Å². The summed E-state index contributed by atoms with van der Waals surface area (Å²) in [4.78, 5) is 20.4. The van der Waals surface area contributed by atoms with Crippen LogP contribution in [0.1, 0.15) is 24.2 Å². The number of carbonyl (C=O) groups is 1. The van der Waals surface area contributed by atoms with Gasteiger partial charge in [-0.05, 0) is 12.0 Å². The first-order chi connectivity index (χ1) is 7.63. The lowest BCUT2D eigenvalue weighted by Crippen LogP contribution is -2.25. The lowest BCUT2D eigenvalue weighted by molar-refractivity contribution is 0.0208. The van der Waals surface area contributed by atoms with E-state index in [1.165, 1.54) is 13.3 Å². The van der Waals surface area contributed by atoms with E-state index in [0.29, 0.717) is 24.0 Å². The molecule has 0 unspecified atom stereocenters. The highest BCUT2D eigenvalue weighted by Crippen LogP contribution is 2.06. The summed E-state index contributed by atoms with van der Waals surface area (Å²) in [5.41, 5.74) is 2.78. The van der Waals surface area contributed by atoms with Gasteiger partial charge in [0.2, 0.25) is 5.88 Å². The van der Waals surface area contributed by atoms with Gasteiger partial charge in [-0.25, -0.2) is 10.5 Å². The molecular formula is C11H16N2O3. The van der Waals surface area contributed by atoms with Crippen LogP contribution in [0.2, 0.25) is 0 Å². The summed E-state index contributed by atoms with van der Waals surface area (Å²) >= 11 is 0. The first-order valence-corrected chi connectivity index (χ1v) is 5.05. The van der Waals surface area contributed by atoms with Crippen LogP contribution in [0.4, 0.5) is 0 Å². The van der Waals surface area contributed by atoms with E-state index in [1.54, 1.807) is 12.1 Å². The van der Waals surface area contributed by atoms with Crippen molar-refractivity contribution in [2.45, 2.75) is 13.8 Å². The Morgan fingerprint density at radius 1 is 1.50 bits per heavy atom. The normalized spacial score (nSPS) is 10.2. The fourth-order valence-electron chi connectivity index (χ4n) is 0.968. The number of aromatic nitrogens is 1. The van der Waals surface area contributed by atoms with E-state index >= 15 is 0 Å². The van der Waals surface area contributed by atoms with Crippen LogP contribution in [0.3, 0.4) is 0 Å². The predicted octanol–water partition coefficient (Wildman–Crippen LogP) is 1.41. The Bertz CT molecular complexity index is 336. The van der Waals surface area contributed by atoms with Gasteiger partial charge in [0.1, 0.15) is 0 Å². The van der Waals surface area contributed by atoms with Gasteiger partial charge in [-0.2, -0.15) is 0 Å². The Labute approximate surface area is 94.7 Å². The van der Waals surface area contributed by atoms with Crippen LogP contribution in [0.5, 0.6) is 5.88 Å². The average Bonchev–Trinajstić information content (AvgIpc) is 2.28. The zero-order valence-corrected chi connectivity index (χ0v) is 9.69. The van der Waals surface area contributed by atoms with Crippen LogP contribution in [0, 0.1) is 5.92 Å². The summed E-state index contributed by atoms with van der Waals surface area (Å²) in [6.45, 7) is 4.48. The Morgan fingerprint density at radius 3 is 2.75 bits per heavy atom. The number of carbonyl (C=O) groups excluding carboxylic acids is 1. The summed E-state index contributed by atoms with van der Waals surface area (Å²) in [6, 6.07) is 3.25. The van der Waals surface area contributed by atoms with Gasteiger partial charge in [0.05, 0.1) is 19.3 Å². The van der Waals surface area contributed by atoms with E-state index in [0.717, 1.165) is 0 Å². The molecule has 0 saturated heterocycles. The highest BCUT2D eigenvalue weighted by atomic mass is 16.6. The van der Waals surface area contributed by atoms with Crippen molar-refractivity contribution in [2.24, 2.45) is 5.92 Å². The quantitative estimate of drug-likeness (QED) is 0.768. The summed E-state index contributed by atoms with van der Waals surface area (Å²) in [5, 5.41) is 0. The first-order valence-electron chi connectivity index (χ1n) is 5.05. The largest absolute Gasteiger partial charge is 0.481 e. The minimum atomic E-state index is -0.309. The van der Waals surface area contributed by atoms with Crippen molar-refractivity contribution in [3.05, 3.63) is 23.9 Å². The van der Waals surface area contributed by atoms with Gasteiger partial charge in [0.25, 0.3) is 5.91 Å². The zero-order chi connectivity index (χ0) is 12.0. The van der Waals surface area contributed by atoms with Crippen LogP contribution >= 0.6 is 0 Å². The van der Waals surface area contributed by atoms with Gasteiger partial charge in [0.15, 0.2) is 0 Å². The van der Waals surface area contributed by atoms with Crippen molar-refractivity contribution in [3.8, 4) is 5.88 Å². The Balaban J connectivity index is 2.46. The van der Waals surface area contributed by atoms with E-state index < -0.39 is 0 Å². The molecule has 0 saturated carbocycles. The van der Waals surface area contributed by atoms with Gasteiger partial charge in [-0.1, -0.05) is 13.8 Å². The fraction of sp³-hybridized carbons (Fsp3) is 0.455. The minimum Gasteiger partial charge on any atom is -0.481 e. The van der Waals surface area contributed by atoms with Crippen LogP contribution in [0.15, 0.2) is 18.3 Å². The molecule has 5 heteroatoms. The second kappa shape index (κ2) is 6.07. The maximum Gasteiger partial charge on any atom is 0.276 e. The molecule has 88 valence electrons. The number of hydroxylamine groups is 1. The number of amides is 1. The molecule has 0 fully saturated rings. The smallest absolute Gasteiger partial charge is 0.276 e. The molecule has 5 nitrogen and oxygen atoms in total. The minimum absolute atomic E-state index is 0.309. The molecule has 0 aliphatic carbocycles. The van der Waals surface area contributed by atoms with E-state index in [2.05, 4.69) is 10.5 Å². The third-order valence-electron chi connectivity index (χ3n) is 1.79. The Hall–Kier alpha value is -1.62. The first kappa shape index (κ1) is 12.4.